The van der Waals surface area contributed by atoms with Crippen molar-refractivity contribution in [1.29, 1.82) is 0 Å². The molecule has 0 atom stereocenters. The predicted molar refractivity (Wildman–Crippen MR) is 24.2 cm³/mol. The maximum absolute atomic E-state index is 7.04. The molecule has 0 aliphatic carbocycles. The first kappa shape index (κ1) is 8.99. The molecule has 0 rings (SSSR count). The Bertz CT molecular complexity index is 7.61. The van der Waals surface area contributed by atoms with E-state index in [1.807, 2.05) is 13.8 Å². The molecule has 0 heterocycles. The third-order valence-corrected chi connectivity index (χ3v) is 0. The third-order valence-electron chi connectivity index (χ3n) is 0. The highest BCUT2D eigenvalue weighted by molar-refractivity contribution is 7.87. The van der Waals surface area contributed by atoms with Crippen LogP contribution in [0.4, 0.5) is 0 Å². The van der Waals surface area contributed by atoms with Crippen molar-refractivity contribution >= 4 is 12.3 Å². The molecule has 0 aliphatic rings. The zero-order valence-electron chi connectivity index (χ0n) is 3.30. The summed E-state index contributed by atoms with van der Waals surface area (Å²) < 4.78 is 14.1. The Kier molecular flexibility index (Phi) is 50.9. The van der Waals surface area contributed by atoms with Crippen LogP contribution in [0.1, 0.15) is 13.8 Å². The molecule has 0 radical (unpaired) electrons. The summed E-state index contributed by atoms with van der Waals surface area (Å²) in [5.41, 5.74) is 0. The van der Waals surface area contributed by atoms with E-state index in [-0.39, 0.29) is 12.3 Å². The Morgan fingerprint density at radius 1 is 1.20 bits per heavy atom. The molecule has 0 saturated heterocycles. The van der Waals surface area contributed by atoms with Crippen LogP contribution in [0.25, 0.3) is 0 Å². The molecule has 2 N–H and O–H groups in total. The van der Waals surface area contributed by atoms with E-state index in [9.17, 15) is 0 Å². The van der Waals surface area contributed by atoms with Gasteiger partial charge in [0.2, 0.25) is 0 Å². The lowest BCUT2D eigenvalue weighted by Gasteiger charge is -1.51. The number of rotatable bonds is 0. The second-order valence-electron chi connectivity index (χ2n) is 0.0816. The quantitative estimate of drug-likeness (QED) is 0.451. The van der Waals surface area contributed by atoms with E-state index in [0.717, 1.165) is 0 Å². The fourth-order valence-electron chi connectivity index (χ4n) is 0. The van der Waals surface area contributed by atoms with Gasteiger partial charge in [0.1, 0.15) is 0 Å². The molecule has 0 amide bonds. The van der Waals surface area contributed by atoms with Gasteiger partial charge in [-0.05, 0) is 0 Å². The van der Waals surface area contributed by atoms with Crippen LogP contribution in [0.3, 0.4) is 0 Å². The molecular weight excluding hydrogens is 88.1 g/mol. The average Bonchev–Trinajstić information content (AvgIpc) is 1.46. The van der Waals surface area contributed by atoms with Crippen LogP contribution in [-0.2, 0) is 0 Å². The first-order valence-corrected chi connectivity index (χ1v) is 2.10. The molecule has 34 valence electrons. The molecule has 2 nitrogen and oxygen atoms in total. The van der Waals surface area contributed by atoms with Crippen molar-refractivity contribution in [3.63, 3.8) is 0 Å². The van der Waals surface area contributed by atoms with Crippen molar-refractivity contribution in [3.8, 4) is 0 Å². The summed E-state index contributed by atoms with van der Waals surface area (Å²) in [6, 6.07) is 0. The molecule has 0 aromatic rings. The molecule has 0 saturated carbocycles. The Morgan fingerprint density at radius 3 is 1.20 bits per heavy atom. The Balaban J connectivity index is 0. The van der Waals surface area contributed by atoms with E-state index in [0.29, 0.717) is 0 Å². The maximum atomic E-state index is 7.04. The second kappa shape index (κ2) is 28.3. The minimum absolute atomic E-state index is 0.250. The second-order valence-corrected chi connectivity index (χ2v) is 0.245. The summed E-state index contributed by atoms with van der Waals surface area (Å²) in [5.74, 6) is 0. The Hall–Kier alpha value is 0.270. The van der Waals surface area contributed by atoms with E-state index in [4.69, 9.17) is 9.11 Å². The van der Waals surface area contributed by atoms with Gasteiger partial charge >= 0.3 is 0 Å². The summed E-state index contributed by atoms with van der Waals surface area (Å²) in [7, 11) is 0. The van der Waals surface area contributed by atoms with Crippen LogP contribution in [0.2, 0.25) is 0 Å². The fraction of sp³-hybridized carbons (Fsp3) is 1.00. The van der Waals surface area contributed by atoms with Gasteiger partial charge in [-0.15, -0.1) is 0 Å². The SMILES string of the molecule is CC.OSO. The summed E-state index contributed by atoms with van der Waals surface area (Å²) >= 11 is -0.250. The van der Waals surface area contributed by atoms with Crippen LogP contribution >= 0.6 is 12.3 Å². The topological polar surface area (TPSA) is 40.5 Å². The first-order valence-electron chi connectivity index (χ1n) is 1.37. The molecule has 0 fully saturated rings. The van der Waals surface area contributed by atoms with Gasteiger partial charge in [-0.3, -0.25) is 0 Å². The van der Waals surface area contributed by atoms with Gasteiger partial charge in [-0.25, -0.2) is 0 Å². The summed E-state index contributed by atoms with van der Waals surface area (Å²) in [4.78, 5) is 0. The lowest BCUT2D eigenvalue weighted by molar-refractivity contribution is 0.541. The zero-order chi connectivity index (χ0) is 4.71. The molecule has 0 unspecified atom stereocenters. The molecule has 0 aliphatic heterocycles. The fourth-order valence-corrected chi connectivity index (χ4v) is 0. The highest BCUT2D eigenvalue weighted by Gasteiger charge is 1.36. The van der Waals surface area contributed by atoms with Gasteiger partial charge < -0.3 is 9.11 Å². The van der Waals surface area contributed by atoms with Crippen molar-refractivity contribution in [2.24, 2.45) is 0 Å². The number of hydrogen-bond donors (Lipinski definition) is 2. The first-order chi connectivity index (χ1) is 2.41. The molecule has 5 heavy (non-hydrogen) atoms. The monoisotopic (exact) mass is 96.0 g/mol. The normalized spacial score (nSPS) is 4.80. The van der Waals surface area contributed by atoms with Crippen molar-refractivity contribution in [3.05, 3.63) is 0 Å². The van der Waals surface area contributed by atoms with Crippen LogP contribution in [0.15, 0.2) is 0 Å². The lowest BCUT2D eigenvalue weighted by atomic mass is 11.0. The largest absolute Gasteiger partial charge is 0.307 e. The van der Waals surface area contributed by atoms with Gasteiger partial charge in [0.15, 0.2) is 12.3 Å². The minimum atomic E-state index is -0.250. The number of hydrogen-bond acceptors (Lipinski definition) is 3. The van der Waals surface area contributed by atoms with Crippen LogP contribution in [0.5, 0.6) is 0 Å². The van der Waals surface area contributed by atoms with Crippen molar-refractivity contribution < 1.29 is 9.11 Å². The van der Waals surface area contributed by atoms with E-state index < -0.39 is 0 Å². The minimum Gasteiger partial charge on any atom is -0.307 e. The van der Waals surface area contributed by atoms with E-state index in [1.54, 1.807) is 0 Å². The highest BCUT2D eigenvalue weighted by Crippen LogP contribution is 1.67. The molecule has 0 bridgehead atoms. The lowest BCUT2D eigenvalue weighted by Crippen LogP contribution is -1.31. The summed E-state index contributed by atoms with van der Waals surface area (Å²) in [5, 5.41) is 0. The zero-order valence-corrected chi connectivity index (χ0v) is 4.12. The van der Waals surface area contributed by atoms with E-state index >= 15 is 0 Å². The van der Waals surface area contributed by atoms with Crippen molar-refractivity contribution in [2.75, 3.05) is 0 Å². The van der Waals surface area contributed by atoms with Gasteiger partial charge in [0.25, 0.3) is 0 Å². The molecular formula is C2H8O2S. The van der Waals surface area contributed by atoms with Crippen LogP contribution in [0, 0.1) is 0 Å². The van der Waals surface area contributed by atoms with Crippen LogP contribution in [-0.4, -0.2) is 9.11 Å². The van der Waals surface area contributed by atoms with E-state index in [2.05, 4.69) is 0 Å². The van der Waals surface area contributed by atoms with Gasteiger partial charge in [-0.2, -0.15) is 0 Å². The Morgan fingerprint density at radius 2 is 1.20 bits per heavy atom. The third kappa shape index (κ3) is 302. The van der Waals surface area contributed by atoms with Crippen molar-refractivity contribution in [2.45, 2.75) is 13.8 Å². The highest BCUT2D eigenvalue weighted by atomic mass is 32.2. The summed E-state index contributed by atoms with van der Waals surface area (Å²) in [6.07, 6.45) is 0. The predicted octanol–water partition coefficient (Wildman–Crippen LogP) is 1.69. The molecule has 0 aromatic heterocycles. The van der Waals surface area contributed by atoms with Crippen LogP contribution < -0.4 is 0 Å². The van der Waals surface area contributed by atoms with Crippen molar-refractivity contribution in [1.82, 2.24) is 0 Å². The van der Waals surface area contributed by atoms with Gasteiger partial charge in [0, 0.05) is 0 Å². The average molecular weight is 96.2 g/mol. The maximum Gasteiger partial charge on any atom is 0.152 e. The molecule has 0 aromatic carbocycles. The molecule has 3 heteroatoms. The van der Waals surface area contributed by atoms with Gasteiger partial charge in [-0.1, -0.05) is 13.8 Å². The van der Waals surface area contributed by atoms with E-state index in [1.165, 1.54) is 0 Å². The van der Waals surface area contributed by atoms with Gasteiger partial charge in [0.05, 0.1) is 0 Å². The standard InChI is InChI=1S/C2H6.H2O2S/c1-2;1-3-2/h1-2H3;1-2H. The summed E-state index contributed by atoms with van der Waals surface area (Å²) in [6.45, 7) is 4.00. The smallest absolute Gasteiger partial charge is 0.152 e. The molecule has 0 spiro atoms. The Labute approximate surface area is 36.2 Å².